The van der Waals surface area contributed by atoms with Gasteiger partial charge in [-0.15, -0.1) is 0 Å². The molecular weight excluding hydrogens is 402 g/mol. The van der Waals surface area contributed by atoms with Crippen LogP contribution >= 0.6 is 0 Å². The number of rotatable bonds is 2. The van der Waals surface area contributed by atoms with E-state index in [4.69, 9.17) is 4.74 Å². The van der Waals surface area contributed by atoms with Gasteiger partial charge in [0.2, 0.25) is 0 Å². The minimum atomic E-state index is -0.738. The zero-order valence-corrected chi connectivity index (χ0v) is 15.8. The van der Waals surface area contributed by atoms with Crippen LogP contribution in [0, 0.1) is 23.0 Å². The van der Waals surface area contributed by atoms with Crippen LogP contribution in [0.25, 0.3) is 28.1 Å². The van der Waals surface area contributed by atoms with Gasteiger partial charge >= 0.3 is 0 Å². The van der Waals surface area contributed by atoms with Crippen LogP contribution in [0.4, 0.5) is 8.78 Å². The largest absolute Gasteiger partial charge is 0.485 e. The van der Waals surface area contributed by atoms with Gasteiger partial charge in [-0.1, -0.05) is 12.1 Å². The average Bonchev–Trinajstić information content (AvgIpc) is 2.78. The molecule has 0 N–H and O–H groups in total. The predicted molar refractivity (Wildman–Crippen MR) is 107 cm³/mol. The summed E-state index contributed by atoms with van der Waals surface area (Å²) in [5, 5.41) is 9.48. The zero-order valence-electron chi connectivity index (χ0n) is 15.8. The second-order valence-electron chi connectivity index (χ2n) is 6.83. The Morgan fingerprint density at radius 3 is 2.74 bits per heavy atom. The molecule has 0 spiro atoms. The molecule has 1 aromatic carbocycles. The molecule has 8 heteroatoms. The first-order valence-corrected chi connectivity index (χ1v) is 9.25. The number of hydrogen-bond donors (Lipinski definition) is 0. The molecular formula is C23H12F2N4O2. The number of ether oxygens (including phenoxy) is 1. The molecule has 0 saturated heterocycles. The van der Waals surface area contributed by atoms with Gasteiger partial charge < -0.3 is 4.74 Å². The van der Waals surface area contributed by atoms with Gasteiger partial charge in [0.25, 0.3) is 5.56 Å². The Kier molecular flexibility index (Phi) is 4.30. The monoisotopic (exact) mass is 414 g/mol. The summed E-state index contributed by atoms with van der Waals surface area (Å²) >= 11 is 0. The third-order valence-electron chi connectivity index (χ3n) is 5.06. The molecule has 0 amide bonds. The third kappa shape index (κ3) is 2.95. The van der Waals surface area contributed by atoms with Gasteiger partial charge in [0.1, 0.15) is 35.8 Å². The van der Waals surface area contributed by atoms with Crippen molar-refractivity contribution >= 4 is 0 Å². The Morgan fingerprint density at radius 1 is 1.06 bits per heavy atom. The first-order valence-electron chi connectivity index (χ1n) is 9.25. The molecule has 0 bridgehead atoms. The Bertz CT molecular complexity index is 1460. The van der Waals surface area contributed by atoms with Crippen molar-refractivity contribution < 1.29 is 13.5 Å². The molecule has 4 heterocycles. The fourth-order valence-electron chi connectivity index (χ4n) is 3.71. The number of aromatic nitrogens is 3. The summed E-state index contributed by atoms with van der Waals surface area (Å²) in [5.74, 6) is -0.844. The molecule has 0 radical (unpaired) electrons. The number of nitriles is 1. The molecule has 0 unspecified atom stereocenters. The van der Waals surface area contributed by atoms with Gasteiger partial charge in [-0.25, -0.2) is 8.78 Å². The van der Waals surface area contributed by atoms with Crippen LogP contribution in [-0.2, 0) is 6.61 Å². The lowest BCUT2D eigenvalue weighted by Gasteiger charge is -2.24. The molecule has 150 valence electrons. The maximum Gasteiger partial charge on any atom is 0.263 e. The maximum absolute atomic E-state index is 14.3. The van der Waals surface area contributed by atoms with Crippen LogP contribution in [-0.4, -0.2) is 14.5 Å². The van der Waals surface area contributed by atoms with Gasteiger partial charge in [-0.05, 0) is 24.3 Å². The molecule has 1 aliphatic heterocycles. The Hall–Kier alpha value is -4.38. The predicted octanol–water partition coefficient (Wildman–Crippen LogP) is 4.00. The average molecular weight is 414 g/mol. The molecule has 0 aliphatic carbocycles. The maximum atomic E-state index is 14.3. The quantitative estimate of drug-likeness (QED) is 0.495. The van der Waals surface area contributed by atoms with Crippen molar-refractivity contribution in [1.29, 1.82) is 5.26 Å². The van der Waals surface area contributed by atoms with E-state index in [9.17, 15) is 18.8 Å². The zero-order chi connectivity index (χ0) is 21.5. The number of pyridine rings is 3. The summed E-state index contributed by atoms with van der Waals surface area (Å²) in [5.41, 5.74) is 1.08. The fourth-order valence-corrected chi connectivity index (χ4v) is 3.71. The second kappa shape index (κ2) is 7.15. The van der Waals surface area contributed by atoms with E-state index in [1.807, 2.05) is 6.07 Å². The van der Waals surface area contributed by atoms with E-state index in [0.29, 0.717) is 22.7 Å². The summed E-state index contributed by atoms with van der Waals surface area (Å²) in [6.45, 7) is 0.0360. The van der Waals surface area contributed by atoms with Crippen molar-refractivity contribution in [2.24, 2.45) is 0 Å². The Morgan fingerprint density at radius 2 is 1.94 bits per heavy atom. The smallest absolute Gasteiger partial charge is 0.263 e. The SMILES string of the molecule is N#Cc1c(F)cccc1-c1cc2c(n(-c3cncc(F)c3)c1=O)COc1cccnc1-2. The lowest BCUT2D eigenvalue weighted by Crippen LogP contribution is -2.27. The van der Waals surface area contributed by atoms with Crippen LogP contribution in [0.15, 0.2) is 65.8 Å². The summed E-state index contributed by atoms with van der Waals surface area (Å²) in [4.78, 5) is 21.8. The number of fused-ring (bicyclic) bond motifs is 3. The molecule has 0 saturated carbocycles. The van der Waals surface area contributed by atoms with E-state index < -0.39 is 17.2 Å². The van der Waals surface area contributed by atoms with E-state index in [1.165, 1.54) is 29.0 Å². The highest BCUT2D eigenvalue weighted by atomic mass is 19.1. The first-order chi connectivity index (χ1) is 15.1. The molecule has 5 rings (SSSR count). The lowest BCUT2D eigenvalue weighted by molar-refractivity contribution is 0.292. The first kappa shape index (κ1) is 18.6. The highest BCUT2D eigenvalue weighted by molar-refractivity contribution is 5.79. The minimum absolute atomic E-state index is 0.0360. The van der Waals surface area contributed by atoms with Crippen molar-refractivity contribution in [2.75, 3.05) is 0 Å². The van der Waals surface area contributed by atoms with Crippen LogP contribution in [0.2, 0.25) is 0 Å². The molecule has 4 aromatic rings. The molecule has 6 nitrogen and oxygen atoms in total. The highest BCUT2D eigenvalue weighted by Crippen LogP contribution is 2.38. The van der Waals surface area contributed by atoms with Gasteiger partial charge in [-0.3, -0.25) is 19.3 Å². The van der Waals surface area contributed by atoms with Gasteiger partial charge in [-0.2, -0.15) is 5.26 Å². The molecule has 1 aliphatic rings. The summed E-state index contributed by atoms with van der Waals surface area (Å²) in [6, 6.07) is 12.1. The van der Waals surface area contributed by atoms with Crippen molar-refractivity contribution in [3.8, 4) is 39.9 Å². The topological polar surface area (TPSA) is 80.8 Å². The van der Waals surface area contributed by atoms with E-state index in [-0.39, 0.29) is 29.0 Å². The van der Waals surface area contributed by atoms with Gasteiger partial charge in [0, 0.05) is 29.0 Å². The third-order valence-corrected chi connectivity index (χ3v) is 5.06. The van der Waals surface area contributed by atoms with Crippen molar-refractivity contribution in [1.82, 2.24) is 14.5 Å². The number of hydrogen-bond acceptors (Lipinski definition) is 5. The van der Waals surface area contributed by atoms with Crippen molar-refractivity contribution in [3.63, 3.8) is 0 Å². The van der Waals surface area contributed by atoms with E-state index in [0.717, 1.165) is 12.3 Å². The van der Waals surface area contributed by atoms with Crippen molar-refractivity contribution in [2.45, 2.75) is 6.61 Å². The van der Waals surface area contributed by atoms with E-state index in [1.54, 1.807) is 24.4 Å². The number of benzene rings is 1. The number of halogens is 2. The van der Waals surface area contributed by atoms with Crippen LogP contribution in [0.1, 0.15) is 11.3 Å². The molecule has 0 atom stereocenters. The highest BCUT2D eigenvalue weighted by Gasteiger charge is 2.26. The number of nitrogens with zero attached hydrogens (tertiary/aromatic N) is 4. The van der Waals surface area contributed by atoms with Crippen LogP contribution < -0.4 is 10.3 Å². The van der Waals surface area contributed by atoms with E-state index in [2.05, 4.69) is 9.97 Å². The Labute approximate surface area is 174 Å². The minimum Gasteiger partial charge on any atom is -0.485 e. The molecule has 31 heavy (non-hydrogen) atoms. The van der Waals surface area contributed by atoms with Crippen molar-refractivity contribution in [3.05, 3.63) is 94.3 Å². The lowest BCUT2D eigenvalue weighted by atomic mass is 9.96. The van der Waals surface area contributed by atoms with E-state index >= 15 is 0 Å². The summed E-state index contributed by atoms with van der Waals surface area (Å²) in [7, 11) is 0. The normalized spacial score (nSPS) is 11.8. The summed E-state index contributed by atoms with van der Waals surface area (Å²) in [6.07, 6.45) is 3.96. The standard InChI is InChI=1S/C23H12F2N4O2/c24-13-7-14(11-27-10-13)29-20-12-31-21-5-2-6-28-22(21)17(20)8-16(23(29)30)15-3-1-4-19(25)18(15)9-26/h1-8,10-11H,12H2. The van der Waals surface area contributed by atoms with Crippen LogP contribution in [0.3, 0.4) is 0 Å². The van der Waals surface area contributed by atoms with Crippen LogP contribution in [0.5, 0.6) is 5.75 Å². The fraction of sp³-hybridized carbons (Fsp3) is 0.0435. The van der Waals surface area contributed by atoms with Gasteiger partial charge in [0.15, 0.2) is 0 Å². The van der Waals surface area contributed by atoms with Gasteiger partial charge in [0.05, 0.1) is 29.3 Å². The molecule has 3 aromatic heterocycles. The molecule has 0 fully saturated rings. The Balaban J connectivity index is 1.91. The second-order valence-corrected chi connectivity index (χ2v) is 6.83. The summed E-state index contributed by atoms with van der Waals surface area (Å²) < 4.78 is 35.3.